The predicted octanol–water partition coefficient (Wildman–Crippen LogP) is 1.22. The van der Waals surface area contributed by atoms with Crippen LogP contribution in [-0.4, -0.2) is 56.6 Å². The number of hydrogen-bond acceptors (Lipinski definition) is 4. The first-order valence-electron chi connectivity index (χ1n) is 8.59. The van der Waals surface area contributed by atoms with Gasteiger partial charge in [0.15, 0.2) is 0 Å². The lowest BCUT2D eigenvalue weighted by Crippen LogP contribution is -2.47. The molecule has 0 spiro atoms. The molecule has 0 bridgehead atoms. The topological polar surface area (TPSA) is 61.6 Å². The maximum atomic E-state index is 11.8. The summed E-state index contributed by atoms with van der Waals surface area (Å²) in [7, 11) is 0. The van der Waals surface area contributed by atoms with Gasteiger partial charge in [0, 0.05) is 51.4 Å². The second-order valence-electron chi connectivity index (χ2n) is 6.56. The summed E-state index contributed by atoms with van der Waals surface area (Å²) in [5, 5.41) is 2.96. The zero-order valence-electron chi connectivity index (χ0n) is 14.4. The fraction of sp³-hybridized carbons (Fsp3) is 0.611. The Labute approximate surface area is 139 Å². The minimum absolute atomic E-state index is 0.131. The van der Waals surface area contributed by atoms with Gasteiger partial charge < -0.3 is 16.0 Å². The van der Waals surface area contributed by atoms with Gasteiger partial charge in [0.1, 0.15) is 0 Å². The number of aryl methyl sites for hydroxylation is 1. The van der Waals surface area contributed by atoms with E-state index >= 15 is 0 Å². The largest absolute Gasteiger partial charge is 0.369 e. The number of hydrogen-bond donors (Lipinski definition) is 2. The Morgan fingerprint density at radius 1 is 1.30 bits per heavy atom. The highest BCUT2D eigenvalue weighted by atomic mass is 16.1. The first kappa shape index (κ1) is 17.8. The Kier molecular flexibility index (Phi) is 6.86. The third-order valence-corrected chi connectivity index (χ3v) is 4.44. The molecule has 0 aromatic heterocycles. The molecule has 2 rings (SSSR count). The van der Waals surface area contributed by atoms with Crippen LogP contribution in [0.15, 0.2) is 24.3 Å². The first-order valence-corrected chi connectivity index (χ1v) is 8.59. The Morgan fingerprint density at radius 3 is 2.70 bits per heavy atom. The van der Waals surface area contributed by atoms with E-state index in [1.165, 1.54) is 11.3 Å². The van der Waals surface area contributed by atoms with Gasteiger partial charge in [-0.3, -0.25) is 9.69 Å². The maximum absolute atomic E-state index is 11.8. The van der Waals surface area contributed by atoms with Gasteiger partial charge in [-0.1, -0.05) is 19.1 Å². The Balaban J connectivity index is 1.68. The van der Waals surface area contributed by atoms with Gasteiger partial charge in [-0.15, -0.1) is 0 Å². The number of carbonyl (C=O) groups excluding carboxylic acids is 1. The molecule has 1 aromatic rings. The Morgan fingerprint density at radius 2 is 2.04 bits per heavy atom. The minimum atomic E-state index is 0.131. The van der Waals surface area contributed by atoms with Crippen molar-refractivity contribution in [3.8, 4) is 0 Å². The van der Waals surface area contributed by atoms with E-state index in [9.17, 15) is 4.79 Å². The molecule has 1 aliphatic rings. The molecule has 1 heterocycles. The van der Waals surface area contributed by atoms with Gasteiger partial charge in [-0.05, 0) is 37.1 Å². The van der Waals surface area contributed by atoms with E-state index < -0.39 is 0 Å². The third kappa shape index (κ3) is 5.84. The molecular weight excluding hydrogens is 288 g/mol. The average molecular weight is 318 g/mol. The lowest BCUT2D eigenvalue weighted by molar-refractivity contribution is -0.121. The molecule has 5 heteroatoms. The van der Waals surface area contributed by atoms with Gasteiger partial charge in [-0.25, -0.2) is 0 Å². The molecule has 23 heavy (non-hydrogen) atoms. The second kappa shape index (κ2) is 8.89. The summed E-state index contributed by atoms with van der Waals surface area (Å²) in [6, 6.07) is 8.66. The van der Waals surface area contributed by atoms with Crippen LogP contribution >= 0.6 is 0 Å². The molecule has 3 N–H and O–H groups in total. The molecule has 0 radical (unpaired) electrons. The van der Waals surface area contributed by atoms with Crippen molar-refractivity contribution in [3.05, 3.63) is 29.8 Å². The van der Waals surface area contributed by atoms with Crippen molar-refractivity contribution in [2.45, 2.75) is 20.3 Å². The summed E-state index contributed by atoms with van der Waals surface area (Å²) in [6.07, 6.45) is 0.571. The van der Waals surface area contributed by atoms with Crippen molar-refractivity contribution in [2.75, 3.05) is 50.7 Å². The van der Waals surface area contributed by atoms with Gasteiger partial charge in [0.2, 0.25) is 5.91 Å². The van der Waals surface area contributed by atoms with E-state index in [1.54, 1.807) is 0 Å². The average Bonchev–Trinajstić information content (AvgIpc) is 2.58. The SMILES string of the molecule is Cc1cccc(N2CCN(CCC(=O)NCC(C)CN)CC2)c1. The first-order chi connectivity index (χ1) is 11.1. The number of nitrogens with two attached hydrogens (primary N) is 1. The molecular formula is C18H30N4O. The monoisotopic (exact) mass is 318 g/mol. The van der Waals surface area contributed by atoms with E-state index in [0.29, 0.717) is 25.4 Å². The van der Waals surface area contributed by atoms with Crippen molar-refractivity contribution in [1.29, 1.82) is 0 Å². The zero-order chi connectivity index (χ0) is 16.7. The molecule has 5 nitrogen and oxygen atoms in total. The second-order valence-corrected chi connectivity index (χ2v) is 6.56. The van der Waals surface area contributed by atoms with Crippen LogP contribution in [0.4, 0.5) is 5.69 Å². The van der Waals surface area contributed by atoms with Crippen LogP contribution in [0.2, 0.25) is 0 Å². The van der Waals surface area contributed by atoms with Crippen molar-refractivity contribution in [2.24, 2.45) is 11.7 Å². The summed E-state index contributed by atoms with van der Waals surface area (Å²) in [6.45, 7) is 10.4. The van der Waals surface area contributed by atoms with Gasteiger partial charge >= 0.3 is 0 Å². The molecule has 1 aromatic carbocycles. The number of piperazine rings is 1. The van der Waals surface area contributed by atoms with Crippen molar-refractivity contribution < 1.29 is 4.79 Å². The highest BCUT2D eigenvalue weighted by molar-refractivity contribution is 5.76. The van der Waals surface area contributed by atoms with Crippen LogP contribution in [0.3, 0.4) is 0 Å². The number of rotatable bonds is 7. The minimum Gasteiger partial charge on any atom is -0.369 e. The molecule has 1 aliphatic heterocycles. The number of anilines is 1. The van der Waals surface area contributed by atoms with Crippen LogP contribution in [0.25, 0.3) is 0 Å². The van der Waals surface area contributed by atoms with Gasteiger partial charge in [0.05, 0.1) is 0 Å². The van der Waals surface area contributed by atoms with E-state index in [1.807, 2.05) is 6.92 Å². The van der Waals surface area contributed by atoms with Gasteiger partial charge in [-0.2, -0.15) is 0 Å². The Hall–Kier alpha value is -1.59. The van der Waals surface area contributed by atoms with E-state index in [2.05, 4.69) is 46.3 Å². The zero-order valence-corrected chi connectivity index (χ0v) is 14.4. The summed E-state index contributed by atoms with van der Waals surface area (Å²) in [5.41, 5.74) is 8.16. The molecule has 0 saturated carbocycles. The lowest BCUT2D eigenvalue weighted by atomic mass is 10.2. The van der Waals surface area contributed by atoms with Crippen LogP contribution in [0.1, 0.15) is 18.9 Å². The number of benzene rings is 1. The van der Waals surface area contributed by atoms with Crippen LogP contribution < -0.4 is 16.0 Å². The quantitative estimate of drug-likeness (QED) is 0.793. The molecule has 1 saturated heterocycles. The predicted molar refractivity (Wildman–Crippen MR) is 95.7 cm³/mol. The standard InChI is InChI=1S/C18H30N4O/c1-15-4-3-5-17(12-15)22-10-8-21(9-11-22)7-6-18(23)20-14-16(2)13-19/h3-5,12,16H,6-11,13-14,19H2,1-2H3,(H,20,23). The highest BCUT2D eigenvalue weighted by Gasteiger charge is 2.17. The van der Waals surface area contributed by atoms with Crippen molar-refractivity contribution >= 4 is 11.6 Å². The summed E-state index contributed by atoms with van der Waals surface area (Å²) < 4.78 is 0. The molecule has 0 aliphatic carbocycles. The van der Waals surface area contributed by atoms with Crippen LogP contribution in [-0.2, 0) is 4.79 Å². The van der Waals surface area contributed by atoms with Crippen LogP contribution in [0.5, 0.6) is 0 Å². The molecule has 128 valence electrons. The number of nitrogens with zero attached hydrogens (tertiary/aromatic N) is 2. The fourth-order valence-corrected chi connectivity index (χ4v) is 2.77. The van der Waals surface area contributed by atoms with Gasteiger partial charge in [0.25, 0.3) is 0 Å². The molecule has 1 amide bonds. The van der Waals surface area contributed by atoms with E-state index in [-0.39, 0.29) is 5.91 Å². The summed E-state index contributed by atoms with van der Waals surface area (Å²) >= 11 is 0. The molecule has 1 unspecified atom stereocenters. The molecule has 1 fully saturated rings. The fourth-order valence-electron chi connectivity index (χ4n) is 2.77. The summed E-state index contributed by atoms with van der Waals surface area (Å²) in [5.74, 6) is 0.475. The highest BCUT2D eigenvalue weighted by Crippen LogP contribution is 2.17. The summed E-state index contributed by atoms with van der Waals surface area (Å²) in [4.78, 5) is 16.6. The normalized spacial score (nSPS) is 17.1. The van der Waals surface area contributed by atoms with Crippen molar-refractivity contribution in [1.82, 2.24) is 10.2 Å². The number of nitrogens with one attached hydrogen (secondary N) is 1. The molecule has 1 atom stereocenters. The van der Waals surface area contributed by atoms with Crippen molar-refractivity contribution in [3.63, 3.8) is 0 Å². The van der Waals surface area contributed by atoms with Crippen LogP contribution in [0, 0.1) is 12.8 Å². The Bertz CT molecular complexity index is 498. The number of amides is 1. The number of carbonyl (C=O) groups is 1. The maximum Gasteiger partial charge on any atom is 0.221 e. The lowest BCUT2D eigenvalue weighted by Gasteiger charge is -2.36. The van der Waals surface area contributed by atoms with E-state index in [4.69, 9.17) is 5.73 Å². The van der Waals surface area contributed by atoms with E-state index in [0.717, 1.165) is 32.7 Å². The smallest absolute Gasteiger partial charge is 0.221 e. The third-order valence-electron chi connectivity index (χ3n) is 4.44.